The molecule has 0 saturated heterocycles. The molecule has 0 aliphatic heterocycles. The fourth-order valence-corrected chi connectivity index (χ4v) is 1.77. The van der Waals surface area contributed by atoms with Gasteiger partial charge in [-0.05, 0) is 36.8 Å². The summed E-state index contributed by atoms with van der Waals surface area (Å²) in [6, 6.07) is 18.1. The minimum absolute atomic E-state index is 0.0653. The third kappa shape index (κ3) is 2.86. The quantitative estimate of drug-likeness (QED) is 0.797. The number of ether oxygens (including phenoxy) is 1. The van der Waals surface area contributed by atoms with Crippen molar-refractivity contribution in [2.45, 2.75) is 13.0 Å². The van der Waals surface area contributed by atoms with Gasteiger partial charge in [0, 0.05) is 4.47 Å². The molecule has 0 aliphatic rings. The van der Waals surface area contributed by atoms with E-state index < -0.39 is 0 Å². The smallest absolute Gasteiger partial charge is 0.121 e. The highest BCUT2D eigenvalue weighted by Gasteiger charge is 2.06. The second kappa shape index (κ2) is 5.17. The van der Waals surface area contributed by atoms with Crippen molar-refractivity contribution in [3.05, 3.63) is 64.6 Å². The molecule has 0 heterocycles. The van der Waals surface area contributed by atoms with Crippen molar-refractivity contribution in [2.75, 3.05) is 0 Å². The molecule has 2 heteroatoms. The first-order valence-corrected chi connectivity index (χ1v) is 6.02. The number of benzene rings is 2. The Kier molecular flexibility index (Phi) is 3.62. The summed E-state index contributed by atoms with van der Waals surface area (Å²) in [6.45, 7) is 2.05. The third-order valence-electron chi connectivity index (χ3n) is 2.40. The highest BCUT2D eigenvalue weighted by atomic mass is 79.9. The Morgan fingerprint density at radius 1 is 0.938 bits per heavy atom. The Labute approximate surface area is 104 Å². The highest BCUT2D eigenvalue weighted by molar-refractivity contribution is 9.10. The largest absolute Gasteiger partial charge is 0.486 e. The van der Waals surface area contributed by atoms with Crippen molar-refractivity contribution in [1.82, 2.24) is 0 Å². The standard InChI is InChI=1S/C14H13BrO/c1-11(12-7-9-13(15)10-8-12)16-14-5-3-2-4-6-14/h2-11H,1H3. The lowest BCUT2D eigenvalue weighted by Gasteiger charge is -2.14. The van der Waals surface area contributed by atoms with Crippen LogP contribution < -0.4 is 4.74 Å². The van der Waals surface area contributed by atoms with Crippen LogP contribution in [0.4, 0.5) is 0 Å². The first-order chi connectivity index (χ1) is 7.75. The molecular weight excluding hydrogens is 264 g/mol. The summed E-state index contributed by atoms with van der Waals surface area (Å²) in [5.74, 6) is 0.901. The Bertz CT molecular complexity index is 436. The molecule has 2 aromatic rings. The molecule has 2 aromatic carbocycles. The van der Waals surface area contributed by atoms with Crippen molar-refractivity contribution >= 4 is 15.9 Å². The summed E-state index contributed by atoms with van der Waals surface area (Å²) in [5.41, 5.74) is 1.17. The number of hydrogen-bond donors (Lipinski definition) is 0. The molecule has 1 unspecified atom stereocenters. The topological polar surface area (TPSA) is 9.23 Å². The maximum atomic E-state index is 5.82. The van der Waals surface area contributed by atoms with Crippen LogP contribution in [0.2, 0.25) is 0 Å². The molecule has 0 aliphatic carbocycles. The van der Waals surface area contributed by atoms with Crippen LogP contribution in [0, 0.1) is 0 Å². The van der Waals surface area contributed by atoms with Gasteiger partial charge in [-0.3, -0.25) is 0 Å². The Morgan fingerprint density at radius 2 is 1.56 bits per heavy atom. The van der Waals surface area contributed by atoms with E-state index in [2.05, 4.69) is 35.0 Å². The maximum absolute atomic E-state index is 5.82. The molecule has 0 saturated carbocycles. The molecule has 0 bridgehead atoms. The van der Waals surface area contributed by atoms with Crippen molar-refractivity contribution in [2.24, 2.45) is 0 Å². The Morgan fingerprint density at radius 3 is 2.19 bits per heavy atom. The summed E-state index contributed by atoms with van der Waals surface area (Å²) >= 11 is 3.42. The molecule has 0 radical (unpaired) electrons. The van der Waals surface area contributed by atoms with Gasteiger partial charge >= 0.3 is 0 Å². The number of para-hydroxylation sites is 1. The van der Waals surface area contributed by atoms with E-state index in [1.54, 1.807) is 0 Å². The van der Waals surface area contributed by atoms with E-state index in [0.29, 0.717) is 0 Å². The predicted octanol–water partition coefficient (Wildman–Crippen LogP) is 4.59. The minimum atomic E-state index is 0.0653. The molecule has 0 N–H and O–H groups in total. The molecule has 0 spiro atoms. The summed E-state index contributed by atoms with van der Waals surface area (Å²) in [7, 11) is 0. The van der Waals surface area contributed by atoms with E-state index in [1.807, 2.05) is 42.5 Å². The van der Waals surface area contributed by atoms with Crippen LogP contribution in [-0.2, 0) is 0 Å². The number of hydrogen-bond acceptors (Lipinski definition) is 1. The normalized spacial score (nSPS) is 12.1. The zero-order valence-electron chi connectivity index (χ0n) is 9.06. The van der Waals surface area contributed by atoms with Crippen LogP contribution >= 0.6 is 15.9 Å². The molecule has 2 rings (SSSR count). The van der Waals surface area contributed by atoms with Gasteiger partial charge in [0.15, 0.2) is 0 Å². The zero-order valence-corrected chi connectivity index (χ0v) is 10.6. The number of halogens is 1. The van der Waals surface area contributed by atoms with Crippen molar-refractivity contribution in [3.63, 3.8) is 0 Å². The first-order valence-electron chi connectivity index (χ1n) is 5.23. The monoisotopic (exact) mass is 276 g/mol. The van der Waals surface area contributed by atoms with Crippen LogP contribution in [0.5, 0.6) is 5.75 Å². The van der Waals surface area contributed by atoms with E-state index in [4.69, 9.17) is 4.74 Å². The lowest BCUT2D eigenvalue weighted by Crippen LogP contribution is -2.02. The maximum Gasteiger partial charge on any atom is 0.121 e. The van der Waals surface area contributed by atoms with Gasteiger partial charge in [0.2, 0.25) is 0 Å². The van der Waals surface area contributed by atoms with Crippen molar-refractivity contribution < 1.29 is 4.74 Å². The summed E-state index contributed by atoms with van der Waals surface area (Å²) < 4.78 is 6.91. The van der Waals surface area contributed by atoms with Gasteiger partial charge in [-0.1, -0.05) is 46.3 Å². The Hall–Kier alpha value is -1.28. The van der Waals surface area contributed by atoms with E-state index in [9.17, 15) is 0 Å². The van der Waals surface area contributed by atoms with Gasteiger partial charge in [0.05, 0.1) is 0 Å². The van der Waals surface area contributed by atoms with Gasteiger partial charge in [-0.2, -0.15) is 0 Å². The lowest BCUT2D eigenvalue weighted by molar-refractivity contribution is 0.227. The van der Waals surface area contributed by atoms with E-state index in [1.165, 1.54) is 5.56 Å². The van der Waals surface area contributed by atoms with Crippen LogP contribution in [-0.4, -0.2) is 0 Å². The second-order valence-electron chi connectivity index (χ2n) is 3.62. The minimum Gasteiger partial charge on any atom is -0.486 e. The van der Waals surface area contributed by atoms with Crippen LogP contribution in [0.1, 0.15) is 18.6 Å². The fourth-order valence-electron chi connectivity index (χ4n) is 1.51. The van der Waals surface area contributed by atoms with Gasteiger partial charge in [-0.25, -0.2) is 0 Å². The number of rotatable bonds is 3. The summed E-state index contributed by atoms with van der Waals surface area (Å²) in [4.78, 5) is 0. The van der Waals surface area contributed by atoms with Crippen molar-refractivity contribution in [3.8, 4) is 5.75 Å². The average Bonchev–Trinajstić information content (AvgIpc) is 2.31. The van der Waals surface area contributed by atoms with Crippen LogP contribution in [0.25, 0.3) is 0 Å². The summed E-state index contributed by atoms with van der Waals surface area (Å²) in [6.07, 6.45) is 0.0653. The van der Waals surface area contributed by atoms with Gasteiger partial charge < -0.3 is 4.74 Å². The van der Waals surface area contributed by atoms with Crippen molar-refractivity contribution in [1.29, 1.82) is 0 Å². The SMILES string of the molecule is CC(Oc1ccccc1)c1ccc(Br)cc1. The molecular formula is C14H13BrO. The molecule has 1 atom stereocenters. The molecule has 0 amide bonds. The lowest BCUT2D eigenvalue weighted by atomic mass is 10.1. The molecule has 16 heavy (non-hydrogen) atoms. The third-order valence-corrected chi connectivity index (χ3v) is 2.92. The first kappa shape index (κ1) is 11.2. The van der Waals surface area contributed by atoms with E-state index in [0.717, 1.165) is 10.2 Å². The fraction of sp³-hybridized carbons (Fsp3) is 0.143. The molecule has 1 nitrogen and oxygen atoms in total. The zero-order chi connectivity index (χ0) is 11.4. The predicted molar refractivity (Wildman–Crippen MR) is 69.6 cm³/mol. The Balaban J connectivity index is 2.09. The average molecular weight is 277 g/mol. The van der Waals surface area contributed by atoms with Crippen LogP contribution in [0.3, 0.4) is 0 Å². The van der Waals surface area contributed by atoms with E-state index in [-0.39, 0.29) is 6.10 Å². The highest BCUT2D eigenvalue weighted by Crippen LogP contribution is 2.22. The van der Waals surface area contributed by atoms with Crippen LogP contribution in [0.15, 0.2) is 59.1 Å². The van der Waals surface area contributed by atoms with Gasteiger partial charge in [0.1, 0.15) is 11.9 Å². The molecule has 82 valence electrons. The second-order valence-corrected chi connectivity index (χ2v) is 4.54. The molecule has 0 fully saturated rings. The molecule has 0 aromatic heterocycles. The van der Waals surface area contributed by atoms with Gasteiger partial charge in [-0.15, -0.1) is 0 Å². The van der Waals surface area contributed by atoms with E-state index >= 15 is 0 Å². The van der Waals surface area contributed by atoms with Gasteiger partial charge in [0.25, 0.3) is 0 Å². The summed E-state index contributed by atoms with van der Waals surface area (Å²) in [5, 5.41) is 0.